The maximum absolute atomic E-state index is 13.1. The van der Waals surface area contributed by atoms with Crippen molar-refractivity contribution in [1.29, 1.82) is 0 Å². The predicted octanol–water partition coefficient (Wildman–Crippen LogP) is 3.68. The van der Waals surface area contributed by atoms with Crippen molar-refractivity contribution >= 4 is 23.2 Å². The van der Waals surface area contributed by atoms with Crippen molar-refractivity contribution in [2.45, 2.75) is 19.4 Å². The molecule has 0 saturated heterocycles. The summed E-state index contributed by atoms with van der Waals surface area (Å²) in [5.41, 5.74) is 2.96. The molecule has 176 valence electrons. The highest BCUT2D eigenvalue weighted by Crippen LogP contribution is 2.28. The Balaban J connectivity index is 1.32. The third-order valence-corrected chi connectivity index (χ3v) is 6.12. The number of rotatable bonds is 5. The molecule has 1 aliphatic heterocycles. The zero-order chi connectivity index (χ0) is 24.5. The summed E-state index contributed by atoms with van der Waals surface area (Å²) < 4.78 is 8.94. The number of aromatic nitrogens is 2. The summed E-state index contributed by atoms with van der Waals surface area (Å²) in [7, 11) is 1.76. The second-order valence-electron chi connectivity index (χ2n) is 8.38. The lowest BCUT2D eigenvalue weighted by molar-refractivity contribution is -0.122. The number of hydrogen-bond acceptors (Lipinski definition) is 4. The van der Waals surface area contributed by atoms with Crippen LogP contribution in [0.15, 0.2) is 83.7 Å². The molecule has 35 heavy (non-hydrogen) atoms. The molecule has 0 fully saturated rings. The Morgan fingerprint density at radius 2 is 1.69 bits per heavy atom. The summed E-state index contributed by atoms with van der Waals surface area (Å²) in [6.45, 7) is 1.77. The lowest BCUT2D eigenvalue weighted by Crippen LogP contribution is -2.31. The number of fused-ring (bicyclic) bond motifs is 1. The van der Waals surface area contributed by atoms with Gasteiger partial charge in [-0.05, 0) is 48.9 Å². The lowest BCUT2D eigenvalue weighted by Gasteiger charge is -2.12. The third kappa shape index (κ3) is 4.21. The second kappa shape index (κ2) is 8.98. The van der Waals surface area contributed by atoms with Crippen LogP contribution in [0.1, 0.15) is 21.6 Å². The number of carbonyl (C=O) groups is 2. The molecule has 0 radical (unpaired) electrons. The maximum Gasteiger partial charge on any atom is 0.295 e. The molecule has 0 saturated carbocycles. The molecule has 2 N–H and O–H groups in total. The summed E-state index contributed by atoms with van der Waals surface area (Å²) in [6, 6.07) is 23.3. The molecule has 2 amide bonds. The lowest BCUT2D eigenvalue weighted by atomic mass is 10.1. The SMILES string of the molecule is Cc1c(NC(=O)c2cccc(NC(=O)C3Cc4ccccc4O3)c2)c(=O)n(-c2ccccc2)n1C. The van der Waals surface area contributed by atoms with E-state index in [2.05, 4.69) is 10.6 Å². The first kappa shape index (κ1) is 22.2. The van der Waals surface area contributed by atoms with E-state index in [1.807, 2.05) is 54.6 Å². The van der Waals surface area contributed by atoms with Crippen LogP contribution in [0.3, 0.4) is 0 Å². The zero-order valence-corrected chi connectivity index (χ0v) is 19.3. The largest absolute Gasteiger partial charge is 0.480 e. The fourth-order valence-electron chi connectivity index (χ4n) is 4.19. The molecule has 4 aromatic rings. The smallest absolute Gasteiger partial charge is 0.295 e. The van der Waals surface area contributed by atoms with Gasteiger partial charge in [0.05, 0.1) is 11.4 Å². The van der Waals surface area contributed by atoms with Crippen LogP contribution >= 0.6 is 0 Å². The van der Waals surface area contributed by atoms with E-state index >= 15 is 0 Å². The minimum Gasteiger partial charge on any atom is -0.480 e. The summed E-state index contributed by atoms with van der Waals surface area (Å²) in [4.78, 5) is 38.8. The number of benzene rings is 3. The quantitative estimate of drug-likeness (QED) is 0.467. The number of carbonyl (C=O) groups excluding carboxylic acids is 2. The Hall–Kier alpha value is -4.59. The Morgan fingerprint density at radius 1 is 0.943 bits per heavy atom. The van der Waals surface area contributed by atoms with Crippen molar-refractivity contribution in [3.05, 3.63) is 106 Å². The van der Waals surface area contributed by atoms with E-state index in [9.17, 15) is 14.4 Å². The first-order valence-corrected chi connectivity index (χ1v) is 11.2. The topological polar surface area (TPSA) is 94.4 Å². The van der Waals surface area contributed by atoms with Crippen LogP contribution in [0, 0.1) is 6.92 Å². The standard InChI is InChI=1S/C27H24N4O4/c1-17-24(27(34)31(30(17)2)21-12-4-3-5-13-21)29-25(32)19-10-8-11-20(15-19)28-26(33)23-16-18-9-6-7-14-22(18)35-23/h3-15,23H,16H2,1-2H3,(H,28,33)(H,29,32). The predicted molar refractivity (Wildman–Crippen MR) is 133 cm³/mol. The summed E-state index contributed by atoms with van der Waals surface area (Å²) in [5, 5.41) is 5.56. The van der Waals surface area contributed by atoms with Crippen molar-refractivity contribution in [3.8, 4) is 11.4 Å². The van der Waals surface area contributed by atoms with Gasteiger partial charge in [-0.1, -0.05) is 42.5 Å². The molecule has 1 unspecified atom stereocenters. The molecule has 0 bridgehead atoms. The minimum absolute atomic E-state index is 0.202. The van der Waals surface area contributed by atoms with Crippen LogP contribution < -0.4 is 20.9 Å². The van der Waals surface area contributed by atoms with Crippen molar-refractivity contribution in [3.63, 3.8) is 0 Å². The Morgan fingerprint density at radius 3 is 2.46 bits per heavy atom. The summed E-state index contributed by atoms with van der Waals surface area (Å²) >= 11 is 0. The second-order valence-corrected chi connectivity index (χ2v) is 8.38. The number of nitrogens with one attached hydrogen (secondary N) is 2. The van der Waals surface area contributed by atoms with Crippen LogP contribution in [0.2, 0.25) is 0 Å². The van der Waals surface area contributed by atoms with Gasteiger partial charge < -0.3 is 15.4 Å². The zero-order valence-electron chi connectivity index (χ0n) is 19.3. The number of amides is 2. The highest BCUT2D eigenvalue weighted by Gasteiger charge is 2.29. The van der Waals surface area contributed by atoms with Crippen LogP contribution in [-0.4, -0.2) is 27.3 Å². The maximum atomic E-state index is 13.1. The molecule has 0 aliphatic carbocycles. The van der Waals surface area contributed by atoms with Gasteiger partial charge in [0.2, 0.25) is 0 Å². The Labute approximate surface area is 201 Å². The average Bonchev–Trinajstić information content (AvgIpc) is 3.40. The van der Waals surface area contributed by atoms with E-state index in [4.69, 9.17) is 4.74 Å². The van der Waals surface area contributed by atoms with E-state index in [1.54, 1.807) is 42.9 Å². The number of ether oxygens (including phenoxy) is 1. The van der Waals surface area contributed by atoms with E-state index in [0.717, 1.165) is 5.56 Å². The van der Waals surface area contributed by atoms with Gasteiger partial charge in [0.25, 0.3) is 17.4 Å². The van der Waals surface area contributed by atoms with Gasteiger partial charge in [-0.25, -0.2) is 4.68 Å². The fraction of sp³-hybridized carbons (Fsp3) is 0.148. The molecule has 8 nitrogen and oxygen atoms in total. The van der Waals surface area contributed by atoms with E-state index in [-0.39, 0.29) is 17.2 Å². The van der Waals surface area contributed by atoms with E-state index in [0.29, 0.717) is 34.8 Å². The average molecular weight is 469 g/mol. The van der Waals surface area contributed by atoms with Gasteiger partial charge >= 0.3 is 0 Å². The molecule has 8 heteroatoms. The summed E-state index contributed by atoms with van der Waals surface area (Å²) in [6.07, 6.45) is -0.142. The van der Waals surface area contributed by atoms with Gasteiger partial charge in [-0.2, -0.15) is 0 Å². The molecule has 0 spiro atoms. The van der Waals surface area contributed by atoms with Crippen molar-refractivity contribution in [2.75, 3.05) is 10.6 Å². The highest BCUT2D eigenvalue weighted by atomic mass is 16.5. The van der Waals surface area contributed by atoms with Gasteiger partial charge in [-0.15, -0.1) is 0 Å². The minimum atomic E-state index is -0.631. The van der Waals surface area contributed by atoms with E-state index < -0.39 is 12.0 Å². The number of nitrogens with zero attached hydrogens (tertiary/aromatic N) is 2. The molecule has 1 aromatic heterocycles. The van der Waals surface area contributed by atoms with Crippen molar-refractivity contribution in [2.24, 2.45) is 7.05 Å². The highest BCUT2D eigenvalue weighted by molar-refractivity contribution is 6.05. The van der Waals surface area contributed by atoms with E-state index in [1.165, 1.54) is 4.68 Å². The molecule has 1 aliphatic rings. The normalized spacial score (nSPS) is 14.2. The fourth-order valence-corrected chi connectivity index (χ4v) is 4.19. The van der Waals surface area contributed by atoms with Crippen LogP contribution in [-0.2, 0) is 18.3 Å². The number of hydrogen-bond donors (Lipinski definition) is 2. The Bertz CT molecular complexity index is 1460. The molecule has 2 heterocycles. The van der Waals surface area contributed by atoms with Crippen LogP contribution in [0.5, 0.6) is 5.75 Å². The van der Waals surface area contributed by atoms with Gasteiger partial charge in [-0.3, -0.25) is 19.1 Å². The van der Waals surface area contributed by atoms with Gasteiger partial charge in [0, 0.05) is 24.7 Å². The van der Waals surface area contributed by atoms with Gasteiger partial charge in [0.1, 0.15) is 11.4 Å². The molecule has 1 atom stereocenters. The Kier molecular flexibility index (Phi) is 5.70. The molecular formula is C27H24N4O4. The number of anilines is 2. The monoisotopic (exact) mass is 468 g/mol. The van der Waals surface area contributed by atoms with Crippen molar-refractivity contribution < 1.29 is 14.3 Å². The van der Waals surface area contributed by atoms with Crippen LogP contribution in [0.4, 0.5) is 11.4 Å². The van der Waals surface area contributed by atoms with Gasteiger partial charge in [0.15, 0.2) is 6.10 Å². The first-order chi connectivity index (χ1) is 16.9. The van der Waals surface area contributed by atoms with Crippen LogP contribution in [0.25, 0.3) is 5.69 Å². The number of para-hydroxylation sites is 2. The molecular weight excluding hydrogens is 444 g/mol. The summed E-state index contributed by atoms with van der Waals surface area (Å²) in [5.74, 6) is -0.0276. The molecule has 5 rings (SSSR count). The first-order valence-electron chi connectivity index (χ1n) is 11.2. The molecule has 3 aromatic carbocycles. The van der Waals surface area contributed by atoms with Crippen molar-refractivity contribution in [1.82, 2.24) is 9.36 Å². The third-order valence-electron chi connectivity index (χ3n) is 6.12.